The zero-order valence-electron chi connectivity index (χ0n) is 11.4. The number of alkyl halides is 3. The van der Waals surface area contributed by atoms with Crippen LogP contribution in [0.3, 0.4) is 0 Å². The van der Waals surface area contributed by atoms with Crippen LogP contribution in [0.1, 0.15) is 37.2 Å². The van der Waals surface area contributed by atoms with E-state index >= 15 is 0 Å². The van der Waals surface area contributed by atoms with Crippen molar-refractivity contribution >= 4 is 5.91 Å². The molecule has 0 aromatic heterocycles. The summed E-state index contributed by atoms with van der Waals surface area (Å²) in [6.45, 7) is 0. The Morgan fingerprint density at radius 1 is 1.29 bits per heavy atom. The molecule has 1 unspecified atom stereocenters. The van der Waals surface area contributed by atoms with Crippen molar-refractivity contribution in [3.8, 4) is 0 Å². The molecule has 1 aromatic rings. The van der Waals surface area contributed by atoms with Gasteiger partial charge in [0.25, 0.3) is 0 Å². The second-order valence-corrected chi connectivity index (χ2v) is 5.44. The summed E-state index contributed by atoms with van der Waals surface area (Å²) in [5.41, 5.74) is 0.0895. The lowest BCUT2D eigenvalue weighted by Gasteiger charge is -2.21. The van der Waals surface area contributed by atoms with Gasteiger partial charge in [0.2, 0.25) is 5.91 Å². The first kappa shape index (κ1) is 15.8. The summed E-state index contributed by atoms with van der Waals surface area (Å²) >= 11 is 0. The number of hydrogen-bond donors (Lipinski definition) is 2. The lowest BCUT2D eigenvalue weighted by atomic mass is 9.94. The zero-order valence-corrected chi connectivity index (χ0v) is 11.4. The molecule has 6 heteroatoms. The third-order valence-electron chi connectivity index (χ3n) is 3.76. The molecule has 1 aliphatic rings. The minimum atomic E-state index is -4.46. The van der Waals surface area contributed by atoms with E-state index in [1.807, 2.05) is 0 Å². The van der Waals surface area contributed by atoms with Gasteiger partial charge in [-0.3, -0.25) is 4.79 Å². The van der Waals surface area contributed by atoms with Gasteiger partial charge in [-0.15, -0.1) is 0 Å². The number of benzene rings is 1. The summed E-state index contributed by atoms with van der Waals surface area (Å²) in [5.74, 6) is -2.43. The number of rotatable bonds is 4. The van der Waals surface area contributed by atoms with Gasteiger partial charge in [-0.05, 0) is 24.8 Å². The highest BCUT2D eigenvalue weighted by atomic mass is 19.4. The van der Waals surface area contributed by atoms with Crippen LogP contribution in [-0.2, 0) is 4.79 Å². The number of carbonyl (C=O) groups is 1. The van der Waals surface area contributed by atoms with E-state index in [2.05, 4.69) is 5.32 Å². The molecule has 0 spiro atoms. The molecule has 1 aromatic carbocycles. The van der Waals surface area contributed by atoms with Gasteiger partial charge in [0, 0.05) is 12.5 Å². The van der Waals surface area contributed by atoms with Gasteiger partial charge < -0.3 is 10.4 Å². The fraction of sp³-hybridized carbons (Fsp3) is 0.533. The first-order chi connectivity index (χ1) is 9.86. The molecular weight excluding hydrogens is 283 g/mol. The van der Waals surface area contributed by atoms with Gasteiger partial charge in [0.05, 0.1) is 12.0 Å². The normalized spacial score (nSPS) is 23.8. The lowest BCUT2D eigenvalue weighted by Crippen LogP contribution is -2.36. The molecule has 0 radical (unpaired) electrons. The number of carbonyl (C=O) groups excluding carboxylic acids is 1. The summed E-state index contributed by atoms with van der Waals surface area (Å²) in [7, 11) is 0. The van der Waals surface area contributed by atoms with Crippen LogP contribution in [0.2, 0.25) is 0 Å². The van der Waals surface area contributed by atoms with Crippen LogP contribution in [0, 0.1) is 0 Å². The Balaban J connectivity index is 2.01. The molecule has 1 saturated carbocycles. The van der Waals surface area contributed by atoms with E-state index in [0.29, 0.717) is 19.3 Å². The lowest BCUT2D eigenvalue weighted by molar-refractivity contribution is -0.157. The number of nitrogens with one attached hydrogen (secondary N) is 1. The van der Waals surface area contributed by atoms with E-state index < -0.39 is 30.5 Å². The van der Waals surface area contributed by atoms with Crippen molar-refractivity contribution in [2.75, 3.05) is 0 Å². The van der Waals surface area contributed by atoms with Gasteiger partial charge in [-0.2, -0.15) is 13.2 Å². The fourth-order valence-electron chi connectivity index (χ4n) is 2.67. The Bertz CT molecular complexity index is 476. The van der Waals surface area contributed by atoms with Crippen molar-refractivity contribution < 1.29 is 23.1 Å². The van der Waals surface area contributed by atoms with Crippen molar-refractivity contribution in [2.45, 2.75) is 49.9 Å². The standard InChI is InChI=1S/C15H18F3NO2/c16-15(17,18)13(10-4-2-1-3-5-10)9-14(21)19-11-6-7-12(20)8-11/h1-5,11-13,20H,6-9H2,(H,19,21)/t11-,12+,13?/m0/s1. The van der Waals surface area contributed by atoms with Gasteiger partial charge >= 0.3 is 6.18 Å². The zero-order chi connectivity index (χ0) is 15.5. The summed E-state index contributed by atoms with van der Waals surface area (Å²) in [6.07, 6.45) is -3.97. The maximum Gasteiger partial charge on any atom is 0.396 e. The van der Waals surface area contributed by atoms with E-state index in [0.717, 1.165) is 0 Å². The SMILES string of the molecule is O=C(CC(c1ccccc1)C(F)(F)F)N[C@H]1CC[C@@H](O)C1. The van der Waals surface area contributed by atoms with Crippen LogP contribution in [0.4, 0.5) is 13.2 Å². The molecule has 0 heterocycles. The molecular formula is C15H18F3NO2. The van der Waals surface area contributed by atoms with Crippen LogP contribution in [0.5, 0.6) is 0 Å². The molecule has 0 saturated heterocycles. The van der Waals surface area contributed by atoms with Crippen molar-refractivity contribution in [3.05, 3.63) is 35.9 Å². The molecule has 1 fully saturated rings. The summed E-state index contributed by atoms with van der Waals surface area (Å²) in [4.78, 5) is 11.8. The molecule has 3 atom stereocenters. The molecule has 1 aliphatic carbocycles. The molecule has 116 valence electrons. The van der Waals surface area contributed by atoms with Crippen molar-refractivity contribution in [2.24, 2.45) is 0 Å². The molecule has 21 heavy (non-hydrogen) atoms. The fourth-order valence-corrected chi connectivity index (χ4v) is 2.67. The molecule has 2 rings (SSSR count). The van der Waals surface area contributed by atoms with Crippen molar-refractivity contribution in [1.29, 1.82) is 0 Å². The summed E-state index contributed by atoms with van der Waals surface area (Å²) in [6, 6.07) is 7.22. The first-order valence-electron chi connectivity index (χ1n) is 6.95. The Labute approximate surface area is 121 Å². The van der Waals surface area contributed by atoms with E-state index in [1.54, 1.807) is 6.07 Å². The topological polar surface area (TPSA) is 49.3 Å². The molecule has 2 N–H and O–H groups in total. The second kappa shape index (κ2) is 6.47. The maximum atomic E-state index is 13.1. The summed E-state index contributed by atoms with van der Waals surface area (Å²) < 4.78 is 39.4. The molecule has 1 amide bonds. The minimum absolute atomic E-state index is 0.0895. The van der Waals surface area contributed by atoms with E-state index in [1.165, 1.54) is 24.3 Å². The number of aliphatic hydroxyl groups excluding tert-OH is 1. The van der Waals surface area contributed by atoms with Gasteiger partial charge in [0.1, 0.15) is 0 Å². The van der Waals surface area contributed by atoms with Crippen molar-refractivity contribution in [3.63, 3.8) is 0 Å². The van der Waals surface area contributed by atoms with E-state index in [-0.39, 0.29) is 11.6 Å². The third kappa shape index (κ3) is 4.46. The van der Waals surface area contributed by atoms with Gasteiger partial charge in [-0.25, -0.2) is 0 Å². The first-order valence-corrected chi connectivity index (χ1v) is 6.95. The predicted molar refractivity (Wildman–Crippen MR) is 71.6 cm³/mol. The molecule has 3 nitrogen and oxygen atoms in total. The molecule has 0 bridgehead atoms. The maximum absolute atomic E-state index is 13.1. The number of halogens is 3. The van der Waals surface area contributed by atoms with Gasteiger partial charge in [0.15, 0.2) is 0 Å². The Hall–Kier alpha value is -1.56. The minimum Gasteiger partial charge on any atom is -0.393 e. The number of hydrogen-bond acceptors (Lipinski definition) is 2. The second-order valence-electron chi connectivity index (χ2n) is 5.44. The van der Waals surface area contributed by atoms with E-state index in [9.17, 15) is 23.1 Å². The number of amides is 1. The Morgan fingerprint density at radius 3 is 2.48 bits per heavy atom. The molecule has 0 aliphatic heterocycles. The van der Waals surface area contributed by atoms with Crippen molar-refractivity contribution in [1.82, 2.24) is 5.32 Å². The third-order valence-corrected chi connectivity index (χ3v) is 3.76. The highest BCUT2D eigenvalue weighted by molar-refractivity contribution is 5.77. The van der Waals surface area contributed by atoms with Crippen LogP contribution < -0.4 is 5.32 Å². The monoisotopic (exact) mass is 301 g/mol. The average Bonchev–Trinajstić information content (AvgIpc) is 2.81. The summed E-state index contributed by atoms with van der Waals surface area (Å²) in [5, 5.41) is 12.0. The van der Waals surface area contributed by atoms with Crippen LogP contribution in [-0.4, -0.2) is 29.3 Å². The smallest absolute Gasteiger partial charge is 0.393 e. The van der Waals surface area contributed by atoms with Gasteiger partial charge in [-0.1, -0.05) is 30.3 Å². The highest BCUT2D eigenvalue weighted by Crippen LogP contribution is 2.37. The van der Waals surface area contributed by atoms with Crippen LogP contribution in [0.15, 0.2) is 30.3 Å². The quantitative estimate of drug-likeness (QED) is 0.898. The predicted octanol–water partition coefficient (Wildman–Crippen LogP) is 2.75. The van der Waals surface area contributed by atoms with Crippen LogP contribution in [0.25, 0.3) is 0 Å². The average molecular weight is 301 g/mol. The Morgan fingerprint density at radius 2 is 1.95 bits per heavy atom. The number of aliphatic hydroxyl groups is 1. The Kier molecular flexibility index (Phi) is 4.88. The highest BCUT2D eigenvalue weighted by Gasteiger charge is 2.42. The van der Waals surface area contributed by atoms with E-state index in [4.69, 9.17) is 0 Å². The van der Waals surface area contributed by atoms with Crippen LogP contribution >= 0.6 is 0 Å². The largest absolute Gasteiger partial charge is 0.396 e.